The lowest BCUT2D eigenvalue weighted by Crippen LogP contribution is -2.27. The summed E-state index contributed by atoms with van der Waals surface area (Å²) in [5.41, 5.74) is 1.35. The van der Waals surface area contributed by atoms with Gasteiger partial charge in [-0.25, -0.2) is 13.4 Å². The third-order valence-corrected chi connectivity index (χ3v) is 5.50. The smallest absolute Gasteiger partial charge is 0.270 e. The number of nitrogens with zero attached hydrogens (tertiary/aromatic N) is 2. The van der Waals surface area contributed by atoms with Gasteiger partial charge < -0.3 is 14.6 Å². The molecule has 0 saturated carbocycles. The summed E-state index contributed by atoms with van der Waals surface area (Å²) >= 11 is 0. The predicted octanol–water partition coefficient (Wildman–Crippen LogP) is 1.49. The maximum Gasteiger partial charge on any atom is 0.270 e. The number of aromatic nitrogens is 2. The van der Waals surface area contributed by atoms with E-state index in [1.54, 1.807) is 31.4 Å². The van der Waals surface area contributed by atoms with Gasteiger partial charge in [-0.3, -0.25) is 4.79 Å². The lowest BCUT2D eigenvalue weighted by Gasteiger charge is -2.08. The molecule has 0 unspecified atom stereocenters. The highest BCUT2D eigenvalue weighted by Crippen LogP contribution is 2.31. The second-order valence-corrected chi connectivity index (χ2v) is 7.55. The van der Waals surface area contributed by atoms with Crippen LogP contribution in [0.15, 0.2) is 29.4 Å². The Bertz CT molecular complexity index is 869. The maximum absolute atomic E-state index is 12.6. The summed E-state index contributed by atoms with van der Waals surface area (Å²) in [4.78, 5) is 16.8. The van der Waals surface area contributed by atoms with Crippen LogP contribution < -0.4 is 10.1 Å². The third-order valence-electron chi connectivity index (χ3n) is 3.91. The van der Waals surface area contributed by atoms with Crippen molar-refractivity contribution in [3.8, 4) is 17.0 Å². The van der Waals surface area contributed by atoms with Crippen molar-refractivity contribution in [2.24, 2.45) is 0 Å². The monoisotopic (exact) mass is 349 g/mol. The number of carbonyl (C=O) groups excluding carboxylic acids is 1. The quantitative estimate of drug-likeness (QED) is 0.883. The minimum absolute atomic E-state index is 0.0215. The zero-order chi connectivity index (χ0) is 17.3. The molecule has 128 valence electrons. The van der Waals surface area contributed by atoms with E-state index in [2.05, 4.69) is 10.3 Å². The van der Waals surface area contributed by atoms with E-state index in [-0.39, 0.29) is 23.4 Å². The fraction of sp³-hybridized carbons (Fsp3) is 0.375. The number of methoxy groups -OCH3 is 1. The average Bonchev–Trinajstić information content (AvgIpc) is 3.10. The molecule has 1 aromatic carbocycles. The highest BCUT2D eigenvalue weighted by atomic mass is 32.2. The molecule has 1 aromatic heterocycles. The van der Waals surface area contributed by atoms with Gasteiger partial charge in [-0.1, -0.05) is 6.92 Å². The number of hydrogen-bond acceptors (Lipinski definition) is 5. The van der Waals surface area contributed by atoms with Crippen molar-refractivity contribution in [2.45, 2.75) is 25.0 Å². The molecular formula is C16H19N3O4S. The molecule has 0 radical (unpaired) electrons. The average molecular weight is 349 g/mol. The Kier molecular flexibility index (Phi) is 4.31. The Morgan fingerprint density at radius 3 is 2.67 bits per heavy atom. The highest BCUT2D eigenvalue weighted by molar-refractivity contribution is 7.91. The fourth-order valence-corrected chi connectivity index (χ4v) is 4.04. The first-order valence-electron chi connectivity index (χ1n) is 7.74. The van der Waals surface area contributed by atoms with E-state index >= 15 is 0 Å². The molecule has 0 fully saturated rings. The second kappa shape index (κ2) is 6.27. The number of ether oxygens (including phenoxy) is 1. The second-order valence-electron chi connectivity index (χ2n) is 5.55. The lowest BCUT2D eigenvalue weighted by atomic mass is 10.1. The van der Waals surface area contributed by atoms with Gasteiger partial charge in [-0.2, -0.15) is 0 Å². The summed E-state index contributed by atoms with van der Waals surface area (Å²) in [5.74, 6) is 0.348. The van der Waals surface area contributed by atoms with E-state index in [1.165, 1.54) is 4.57 Å². The van der Waals surface area contributed by atoms with Crippen molar-refractivity contribution in [3.05, 3.63) is 30.0 Å². The van der Waals surface area contributed by atoms with Crippen LogP contribution in [-0.2, 0) is 16.4 Å². The Morgan fingerprint density at radius 1 is 1.33 bits per heavy atom. The topological polar surface area (TPSA) is 90.3 Å². The van der Waals surface area contributed by atoms with Gasteiger partial charge in [0, 0.05) is 18.7 Å². The first-order chi connectivity index (χ1) is 11.5. The summed E-state index contributed by atoms with van der Waals surface area (Å²) in [6.45, 7) is 2.72. The van der Waals surface area contributed by atoms with Crippen molar-refractivity contribution >= 4 is 15.7 Å². The van der Waals surface area contributed by atoms with Crippen LogP contribution in [0.25, 0.3) is 11.3 Å². The largest absolute Gasteiger partial charge is 0.497 e. The summed E-state index contributed by atoms with van der Waals surface area (Å²) in [6, 6.07) is 7.03. The molecule has 1 aliphatic rings. The van der Waals surface area contributed by atoms with Crippen LogP contribution in [-0.4, -0.2) is 43.3 Å². The number of carbonyl (C=O) groups is 1. The van der Waals surface area contributed by atoms with Crippen LogP contribution in [0.2, 0.25) is 0 Å². The summed E-state index contributed by atoms with van der Waals surface area (Å²) < 4.78 is 30.9. The number of sulfone groups is 1. The molecule has 0 saturated heterocycles. The van der Waals surface area contributed by atoms with E-state index in [0.717, 1.165) is 6.42 Å². The molecule has 8 heteroatoms. The van der Waals surface area contributed by atoms with Crippen LogP contribution in [0, 0.1) is 0 Å². The molecule has 0 spiro atoms. The number of hydrogen-bond donors (Lipinski definition) is 1. The number of benzene rings is 1. The fourth-order valence-electron chi connectivity index (χ4n) is 2.68. The third kappa shape index (κ3) is 2.77. The molecule has 2 heterocycles. The van der Waals surface area contributed by atoms with E-state index < -0.39 is 9.84 Å². The molecule has 1 aliphatic heterocycles. The Balaban J connectivity index is 2.12. The van der Waals surface area contributed by atoms with Gasteiger partial charge in [0.15, 0.2) is 0 Å². The van der Waals surface area contributed by atoms with Crippen LogP contribution >= 0.6 is 0 Å². The number of amides is 1. The number of nitrogens with one attached hydrogen (secondary N) is 1. The number of fused-ring (bicyclic) bond motifs is 1. The van der Waals surface area contributed by atoms with E-state index in [9.17, 15) is 13.2 Å². The SMILES string of the molecule is CCCNC(=O)c1c(-c2ccc(OC)cc2)nc2n1CCS2(=O)=O. The van der Waals surface area contributed by atoms with Gasteiger partial charge in [0.25, 0.3) is 5.91 Å². The van der Waals surface area contributed by atoms with Crippen molar-refractivity contribution in [1.29, 1.82) is 0 Å². The number of imidazole rings is 1. The minimum Gasteiger partial charge on any atom is -0.497 e. The zero-order valence-corrected chi connectivity index (χ0v) is 14.4. The van der Waals surface area contributed by atoms with E-state index in [0.29, 0.717) is 29.2 Å². The molecular weight excluding hydrogens is 330 g/mol. The molecule has 1 N–H and O–H groups in total. The van der Waals surface area contributed by atoms with Crippen molar-refractivity contribution in [1.82, 2.24) is 14.9 Å². The van der Waals surface area contributed by atoms with E-state index in [4.69, 9.17) is 4.74 Å². The summed E-state index contributed by atoms with van der Waals surface area (Å²) in [6.07, 6.45) is 0.795. The first-order valence-corrected chi connectivity index (χ1v) is 9.39. The maximum atomic E-state index is 12.6. The lowest BCUT2D eigenvalue weighted by molar-refractivity contribution is 0.0944. The van der Waals surface area contributed by atoms with Crippen molar-refractivity contribution in [2.75, 3.05) is 19.4 Å². The molecule has 7 nitrogen and oxygen atoms in total. The zero-order valence-electron chi connectivity index (χ0n) is 13.6. The normalized spacial score (nSPS) is 15.1. The molecule has 0 atom stereocenters. The first kappa shape index (κ1) is 16.5. The van der Waals surface area contributed by atoms with Gasteiger partial charge in [-0.05, 0) is 30.7 Å². The standard InChI is InChI=1S/C16H19N3O4S/c1-3-8-17-15(20)14-13(11-4-6-12(23-2)7-5-11)18-16-19(14)9-10-24(16,21)22/h4-7H,3,8-10H2,1-2H3,(H,17,20). The van der Waals surface area contributed by atoms with E-state index in [1.807, 2.05) is 6.92 Å². The molecule has 2 aromatic rings. The summed E-state index contributed by atoms with van der Waals surface area (Å²) in [7, 11) is -1.87. The van der Waals surface area contributed by atoms with Gasteiger partial charge >= 0.3 is 0 Å². The van der Waals surface area contributed by atoms with Crippen molar-refractivity contribution < 1.29 is 17.9 Å². The van der Waals surface area contributed by atoms with Crippen LogP contribution in [0.3, 0.4) is 0 Å². The van der Waals surface area contributed by atoms with Gasteiger partial charge in [-0.15, -0.1) is 0 Å². The molecule has 1 amide bonds. The molecule has 24 heavy (non-hydrogen) atoms. The highest BCUT2D eigenvalue weighted by Gasteiger charge is 2.35. The Hall–Kier alpha value is -2.35. The van der Waals surface area contributed by atoms with Crippen LogP contribution in [0.1, 0.15) is 23.8 Å². The molecule has 0 aliphatic carbocycles. The van der Waals surface area contributed by atoms with Crippen LogP contribution in [0.5, 0.6) is 5.75 Å². The van der Waals surface area contributed by atoms with Gasteiger partial charge in [0.05, 0.1) is 12.9 Å². The molecule has 0 bridgehead atoms. The van der Waals surface area contributed by atoms with Crippen LogP contribution in [0.4, 0.5) is 0 Å². The number of rotatable bonds is 5. The van der Waals surface area contributed by atoms with Gasteiger partial charge in [0.2, 0.25) is 15.0 Å². The van der Waals surface area contributed by atoms with Crippen molar-refractivity contribution in [3.63, 3.8) is 0 Å². The predicted molar refractivity (Wildman–Crippen MR) is 88.9 cm³/mol. The minimum atomic E-state index is -3.43. The molecule has 3 rings (SSSR count). The Labute approximate surface area is 140 Å². The summed E-state index contributed by atoms with van der Waals surface area (Å²) in [5, 5.41) is 2.77. The van der Waals surface area contributed by atoms with Gasteiger partial charge in [0.1, 0.15) is 17.1 Å². The Morgan fingerprint density at radius 2 is 2.04 bits per heavy atom.